The monoisotopic (exact) mass is 193 g/mol. The van der Waals surface area contributed by atoms with Crippen molar-refractivity contribution in [2.45, 2.75) is 0 Å². The summed E-state index contributed by atoms with van der Waals surface area (Å²) in [6.45, 7) is 0. The number of nitrogens with two attached hydrogens (primary N) is 1. The van der Waals surface area contributed by atoms with Gasteiger partial charge < -0.3 is 15.6 Å². The highest BCUT2D eigenvalue weighted by Gasteiger charge is 1.98. The average molecular weight is 193 g/mol. The molecule has 0 saturated heterocycles. The van der Waals surface area contributed by atoms with Crippen LogP contribution < -0.4 is 5.73 Å². The summed E-state index contributed by atoms with van der Waals surface area (Å²) in [5.74, 6) is -0.364. The highest BCUT2D eigenvalue weighted by atomic mass is 16.5. The molecule has 0 aliphatic heterocycles. The first-order valence-electron chi connectivity index (χ1n) is 3.98. The first kappa shape index (κ1) is 10.1. The molecule has 3 N–H and O–H groups in total. The quantitative estimate of drug-likeness (QED) is 0.320. The lowest BCUT2D eigenvalue weighted by Gasteiger charge is -2.00. The van der Waals surface area contributed by atoms with Crippen LogP contribution in [0.15, 0.2) is 24.3 Å². The van der Waals surface area contributed by atoms with Gasteiger partial charge in [0.15, 0.2) is 0 Å². The van der Waals surface area contributed by atoms with E-state index in [1.165, 1.54) is 31.4 Å². The summed E-state index contributed by atoms with van der Waals surface area (Å²) in [6.07, 6.45) is 2.73. The number of aromatic hydroxyl groups is 1. The summed E-state index contributed by atoms with van der Waals surface area (Å²) in [6, 6.07) is 4.51. The number of esters is 1. The first-order chi connectivity index (χ1) is 6.63. The summed E-state index contributed by atoms with van der Waals surface area (Å²) in [4.78, 5) is 10.8. The lowest BCUT2D eigenvalue weighted by Crippen LogP contribution is -1.94. The first-order valence-corrected chi connectivity index (χ1v) is 3.98. The Labute approximate surface area is 81.6 Å². The molecular weight excluding hydrogens is 182 g/mol. The van der Waals surface area contributed by atoms with Crippen LogP contribution in [0.25, 0.3) is 6.08 Å². The second-order valence-corrected chi connectivity index (χ2v) is 2.67. The van der Waals surface area contributed by atoms with Crippen LogP contribution in [-0.2, 0) is 9.53 Å². The Morgan fingerprint density at radius 2 is 2.29 bits per heavy atom. The number of carbonyl (C=O) groups is 1. The molecule has 0 amide bonds. The molecule has 0 aliphatic carbocycles. The van der Waals surface area contributed by atoms with E-state index >= 15 is 0 Å². The molecule has 0 bridgehead atoms. The Morgan fingerprint density at radius 1 is 1.57 bits per heavy atom. The van der Waals surface area contributed by atoms with Gasteiger partial charge in [-0.2, -0.15) is 0 Å². The normalized spacial score (nSPS) is 10.4. The number of phenols is 1. The van der Waals surface area contributed by atoms with Crippen molar-refractivity contribution in [2.75, 3.05) is 12.8 Å². The zero-order valence-electron chi connectivity index (χ0n) is 7.73. The fraction of sp³-hybridized carbons (Fsp3) is 0.100. The van der Waals surface area contributed by atoms with Crippen molar-refractivity contribution in [3.05, 3.63) is 29.8 Å². The molecule has 74 valence electrons. The molecular formula is C10H11NO3. The van der Waals surface area contributed by atoms with Crippen LogP contribution >= 0.6 is 0 Å². The topological polar surface area (TPSA) is 72.5 Å². The third kappa shape index (κ3) is 2.52. The summed E-state index contributed by atoms with van der Waals surface area (Å²) < 4.78 is 4.41. The maximum atomic E-state index is 10.8. The van der Waals surface area contributed by atoms with Crippen LogP contribution in [-0.4, -0.2) is 18.2 Å². The van der Waals surface area contributed by atoms with Crippen molar-refractivity contribution in [3.8, 4) is 5.75 Å². The molecule has 0 fully saturated rings. The number of ether oxygens (including phenoxy) is 1. The molecule has 0 unspecified atom stereocenters. The van der Waals surface area contributed by atoms with Gasteiger partial charge in [0.1, 0.15) is 5.75 Å². The number of rotatable bonds is 2. The number of carbonyl (C=O) groups excluding carboxylic acids is 1. The summed E-state index contributed by atoms with van der Waals surface area (Å²) in [5, 5.41) is 9.15. The molecule has 4 nitrogen and oxygen atoms in total. The molecule has 14 heavy (non-hydrogen) atoms. The minimum Gasteiger partial charge on any atom is -0.508 e. The fourth-order valence-corrected chi connectivity index (χ4v) is 0.932. The van der Waals surface area contributed by atoms with Crippen LogP contribution in [0, 0.1) is 0 Å². The predicted octanol–water partition coefficient (Wildman–Crippen LogP) is 1.16. The average Bonchev–Trinajstić information content (AvgIpc) is 2.19. The lowest BCUT2D eigenvalue weighted by atomic mass is 10.1. The third-order valence-electron chi connectivity index (χ3n) is 1.67. The van der Waals surface area contributed by atoms with Crippen LogP contribution in [0.2, 0.25) is 0 Å². The Bertz CT molecular complexity index is 372. The molecule has 0 spiro atoms. The zero-order chi connectivity index (χ0) is 10.6. The van der Waals surface area contributed by atoms with Gasteiger partial charge in [0.05, 0.1) is 7.11 Å². The maximum absolute atomic E-state index is 10.8. The van der Waals surface area contributed by atoms with Gasteiger partial charge in [-0.1, -0.05) is 0 Å². The van der Waals surface area contributed by atoms with Gasteiger partial charge in [-0.25, -0.2) is 4.79 Å². The summed E-state index contributed by atoms with van der Waals surface area (Å²) >= 11 is 0. The second-order valence-electron chi connectivity index (χ2n) is 2.67. The maximum Gasteiger partial charge on any atom is 0.330 e. The van der Waals surface area contributed by atoms with Gasteiger partial charge in [0.2, 0.25) is 0 Å². The van der Waals surface area contributed by atoms with E-state index in [0.717, 1.165) is 0 Å². The number of hydrogen-bond acceptors (Lipinski definition) is 4. The largest absolute Gasteiger partial charge is 0.508 e. The molecule has 0 radical (unpaired) electrons. The lowest BCUT2D eigenvalue weighted by molar-refractivity contribution is -0.134. The number of nitrogen functional groups attached to an aromatic ring is 1. The van der Waals surface area contributed by atoms with E-state index in [1.54, 1.807) is 6.07 Å². The van der Waals surface area contributed by atoms with Crippen molar-refractivity contribution >= 4 is 17.7 Å². The zero-order valence-corrected chi connectivity index (χ0v) is 7.73. The van der Waals surface area contributed by atoms with E-state index in [1.807, 2.05) is 0 Å². The van der Waals surface area contributed by atoms with Crippen molar-refractivity contribution in [1.29, 1.82) is 0 Å². The number of anilines is 1. The molecule has 0 aliphatic rings. The van der Waals surface area contributed by atoms with Gasteiger partial charge in [-0.3, -0.25) is 0 Å². The molecule has 1 aromatic carbocycles. The van der Waals surface area contributed by atoms with Gasteiger partial charge in [-0.05, 0) is 24.3 Å². The van der Waals surface area contributed by atoms with Crippen LogP contribution in [0.1, 0.15) is 5.56 Å². The van der Waals surface area contributed by atoms with E-state index in [4.69, 9.17) is 10.8 Å². The van der Waals surface area contributed by atoms with E-state index in [9.17, 15) is 4.79 Å². The molecule has 0 saturated carbocycles. The second kappa shape index (κ2) is 4.32. The predicted molar refractivity (Wildman–Crippen MR) is 53.6 cm³/mol. The molecule has 4 heteroatoms. The Morgan fingerprint density at radius 3 is 2.93 bits per heavy atom. The highest BCUT2D eigenvalue weighted by molar-refractivity contribution is 5.88. The van der Waals surface area contributed by atoms with Crippen molar-refractivity contribution in [1.82, 2.24) is 0 Å². The van der Waals surface area contributed by atoms with Crippen LogP contribution in [0.3, 0.4) is 0 Å². The number of hydrogen-bond donors (Lipinski definition) is 2. The number of methoxy groups -OCH3 is 1. The molecule has 0 aromatic heterocycles. The standard InChI is InChI=1S/C10H11NO3/c1-14-10(13)5-2-7-6-8(12)3-4-9(7)11/h2-6,12H,11H2,1H3/b5-2+. The Balaban J connectivity index is 2.90. The van der Waals surface area contributed by atoms with E-state index in [0.29, 0.717) is 11.3 Å². The Hall–Kier alpha value is -1.97. The number of phenolic OH excluding ortho intramolecular Hbond substituents is 1. The van der Waals surface area contributed by atoms with E-state index in [2.05, 4.69) is 4.74 Å². The highest BCUT2D eigenvalue weighted by Crippen LogP contribution is 2.19. The van der Waals surface area contributed by atoms with Crippen molar-refractivity contribution in [2.24, 2.45) is 0 Å². The van der Waals surface area contributed by atoms with Crippen molar-refractivity contribution < 1.29 is 14.6 Å². The van der Waals surface area contributed by atoms with Crippen LogP contribution in [0.4, 0.5) is 5.69 Å². The van der Waals surface area contributed by atoms with E-state index in [-0.39, 0.29) is 5.75 Å². The molecule has 0 heterocycles. The molecule has 0 atom stereocenters. The van der Waals surface area contributed by atoms with Gasteiger partial charge in [-0.15, -0.1) is 0 Å². The number of benzene rings is 1. The molecule has 1 aromatic rings. The minimum atomic E-state index is -0.465. The summed E-state index contributed by atoms with van der Waals surface area (Å²) in [7, 11) is 1.29. The fourth-order valence-electron chi connectivity index (χ4n) is 0.932. The van der Waals surface area contributed by atoms with Crippen LogP contribution in [0.5, 0.6) is 5.75 Å². The van der Waals surface area contributed by atoms with E-state index < -0.39 is 5.97 Å². The van der Waals surface area contributed by atoms with Gasteiger partial charge >= 0.3 is 5.97 Å². The minimum absolute atomic E-state index is 0.101. The van der Waals surface area contributed by atoms with Crippen molar-refractivity contribution in [3.63, 3.8) is 0 Å². The Kier molecular flexibility index (Phi) is 3.12. The van der Waals surface area contributed by atoms with Gasteiger partial charge in [0, 0.05) is 17.3 Å². The smallest absolute Gasteiger partial charge is 0.330 e. The third-order valence-corrected chi connectivity index (χ3v) is 1.67. The SMILES string of the molecule is COC(=O)/C=C/c1cc(O)ccc1N. The molecule has 1 rings (SSSR count). The van der Waals surface area contributed by atoms with Gasteiger partial charge in [0.25, 0.3) is 0 Å². The summed E-state index contributed by atoms with van der Waals surface area (Å²) in [5.41, 5.74) is 6.67.